The van der Waals surface area contributed by atoms with Gasteiger partial charge in [-0.25, -0.2) is 0 Å². The van der Waals surface area contributed by atoms with E-state index < -0.39 is 0 Å². The molecular formula is C4H6N2OS. The molecule has 1 heterocycles. The molecule has 0 radical (unpaired) electrons. The third-order valence-electron chi connectivity index (χ3n) is 0.632. The number of rotatable bonds is 2. The molecule has 0 unspecified atom stereocenters. The monoisotopic (exact) mass is 130 g/mol. The zero-order valence-electron chi connectivity index (χ0n) is 4.50. The first kappa shape index (κ1) is 5.50. The van der Waals surface area contributed by atoms with Crippen LogP contribution in [0.3, 0.4) is 0 Å². The van der Waals surface area contributed by atoms with Gasteiger partial charge >= 0.3 is 0 Å². The van der Waals surface area contributed by atoms with Crippen molar-refractivity contribution in [3.8, 4) is 5.88 Å². The van der Waals surface area contributed by atoms with Gasteiger partial charge in [-0.2, -0.15) is 0 Å². The molecule has 3 nitrogen and oxygen atoms in total. The van der Waals surface area contributed by atoms with Crippen molar-refractivity contribution < 1.29 is 4.74 Å². The SMILES string of the molecule is CCOc1csnn1. The molecule has 1 aromatic heterocycles. The summed E-state index contributed by atoms with van der Waals surface area (Å²) in [7, 11) is 0. The summed E-state index contributed by atoms with van der Waals surface area (Å²) in [6.07, 6.45) is 0. The van der Waals surface area contributed by atoms with Crippen LogP contribution in [0.2, 0.25) is 0 Å². The van der Waals surface area contributed by atoms with Gasteiger partial charge < -0.3 is 4.74 Å². The minimum atomic E-state index is 0.623. The second-order valence-corrected chi connectivity index (χ2v) is 1.79. The molecule has 0 N–H and O–H groups in total. The van der Waals surface area contributed by atoms with Gasteiger partial charge in [-0.05, 0) is 18.5 Å². The van der Waals surface area contributed by atoms with Gasteiger partial charge in [-0.3, -0.25) is 0 Å². The van der Waals surface area contributed by atoms with Gasteiger partial charge in [-0.1, -0.05) is 9.59 Å². The van der Waals surface area contributed by atoms with Crippen molar-refractivity contribution >= 4 is 11.5 Å². The summed E-state index contributed by atoms with van der Waals surface area (Å²) in [4.78, 5) is 0. The lowest BCUT2D eigenvalue weighted by Crippen LogP contribution is -1.90. The van der Waals surface area contributed by atoms with E-state index in [1.807, 2.05) is 6.92 Å². The summed E-state index contributed by atoms with van der Waals surface area (Å²) in [5.74, 6) is 0.623. The van der Waals surface area contributed by atoms with E-state index in [0.717, 1.165) is 0 Å². The third kappa shape index (κ3) is 1.16. The van der Waals surface area contributed by atoms with Crippen LogP contribution in [-0.2, 0) is 0 Å². The van der Waals surface area contributed by atoms with E-state index in [-0.39, 0.29) is 0 Å². The van der Waals surface area contributed by atoms with E-state index in [4.69, 9.17) is 4.74 Å². The average molecular weight is 130 g/mol. The number of hydrogen-bond donors (Lipinski definition) is 0. The van der Waals surface area contributed by atoms with Gasteiger partial charge in [0.2, 0.25) is 5.88 Å². The maximum Gasteiger partial charge on any atom is 0.246 e. The van der Waals surface area contributed by atoms with Crippen molar-refractivity contribution in [2.24, 2.45) is 0 Å². The van der Waals surface area contributed by atoms with Gasteiger partial charge in [0, 0.05) is 0 Å². The Morgan fingerprint density at radius 3 is 3.25 bits per heavy atom. The van der Waals surface area contributed by atoms with Crippen LogP contribution in [0.5, 0.6) is 5.88 Å². The summed E-state index contributed by atoms with van der Waals surface area (Å²) >= 11 is 1.29. The first-order valence-electron chi connectivity index (χ1n) is 2.33. The van der Waals surface area contributed by atoms with Crippen molar-refractivity contribution in [3.63, 3.8) is 0 Å². The second-order valence-electron chi connectivity index (χ2n) is 1.18. The van der Waals surface area contributed by atoms with Crippen molar-refractivity contribution in [3.05, 3.63) is 5.38 Å². The summed E-state index contributed by atoms with van der Waals surface area (Å²) in [5, 5.41) is 5.42. The molecule has 1 aromatic rings. The molecule has 1 rings (SSSR count). The lowest BCUT2D eigenvalue weighted by molar-refractivity contribution is 0.326. The van der Waals surface area contributed by atoms with Crippen LogP contribution in [0, 0.1) is 0 Å². The number of nitrogens with zero attached hydrogens (tertiary/aromatic N) is 2. The normalized spacial score (nSPS) is 9.12. The minimum absolute atomic E-state index is 0.623. The molecular weight excluding hydrogens is 124 g/mol. The van der Waals surface area contributed by atoms with Crippen LogP contribution in [0.4, 0.5) is 0 Å². The van der Waals surface area contributed by atoms with E-state index in [1.165, 1.54) is 11.5 Å². The van der Waals surface area contributed by atoms with Gasteiger partial charge in [0.1, 0.15) is 0 Å². The molecule has 0 bridgehead atoms. The minimum Gasteiger partial charge on any atom is -0.476 e. The lowest BCUT2D eigenvalue weighted by Gasteiger charge is -1.91. The number of ether oxygens (including phenoxy) is 1. The zero-order chi connectivity index (χ0) is 5.82. The van der Waals surface area contributed by atoms with E-state index in [0.29, 0.717) is 12.5 Å². The molecule has 4 heteroatoms. The topological polar surface area (TPSA) is 35.0 Å². The highest BCUT2D eigenvalue weighted by atomic mass is 32.1. The van der Waals surface area contributed by atoms with Gasteiger partial charge in [0.05, 0.1) is 12.0 Å². The van der Waals surface area contributed by atoms with Crippen LogP contribution in [0.15, 0.2) is 5.38 Å². The van der Waals surface area contributed by atoms with E-state index >= 15 is 0 Å². The molecule has 0 aliphatic heterocycles. The fourth-order valence-electron chi connectivity index (χ4n) is 0.367. The molecule has 0 aliphatic carbocycles. The standard InChI is InChI=1S/C4H6N2OS/c1-2-7-4-3-8-6-5-4/h3H,2H2,1H3. The molecule has 44 valence electrons. The van der Waals surface area contributed by atoms with Gasteiger partial charge in [0.15, 0.2) is 0 Å². The summed E-state index contributed by atoms with van der Waals surface area (Å²) in [6, 6.07) is 0. The first-order chi connectivity index (χ1) is 3.93. The molecule has 0 saturated heterocycles. The lowest BCUT2D eigenvalue weighted by atomic mass is 10.8. The van der Waals surface area contributed by atoms with Crippen LogP contribution in [0.25, 0.3) is 0 Å². The molecule has 0 fully saturated rings. The Hall–Kier alpha value is -0.640. The summed E-state index contributed by atoms with van der Waals surface area (Å²) in [6.45, 7) is 2.57. The Bertz CT molecular complexity index is 140. The van der Waals surface area contributed by atoms with Crippen LogP contribution < -0.4 is 4.74 Å². The number of aromatic nitrogens is 2. The van der Waals surface area contributed by atoms with Crippen molar-refractivity contribution in [1.82, 2.24) is 9.59 Å². The third-order valence-corrected chi connectivity index (χ3v) is 1.12. The van der Waals surface area contributed by atoms with E-state index in [2.05, 4.69) is 9.59 Å². The van der Waals surface area contributed by atoms with Crippen LogP contribution >= 0.6 is 11.5 Å². The Balaban J connectivity index is 2.50. The van der Waals surface area contributed by atoms with Crippen molar-refractivity contribution in [2.75, 3.05) is 6.61 Å². The quantitative estimate of drug-likeness (QED) is 0.597. The van der Waals surface area contributed by atoms with Gasteiger partial charge in [-0.15, -0.1) is 0 Å². The van der Waals surface area contributed by atoms with E-state index in [1.54, 1.807) is 5.38 Å². The molecule has 0 spiro atoms. The highest BCUT2D eigenvalue weighted by Crippen LogP contribution is 2.04. The Labute approximate surface area is 51.5 Å². The maximum absolute atomic E-state index is 4.98. The molecule has 0 atom stereocenters. The smallest absolute Gasteiger partial charge is 0.246 e. The van der Waals surface area contributed by atoms with E-state index in [9.17, 15) is 0 Å². The predicted molar refractivity (Wildman–Crippen MR) is 31.1 cm³/mol. The van der Waals surface area contributed by atoms with Gasteiger partial charge in [0.25, 0.3) is 0 Å². The Morgan fingerprint density at radius 1 is 1.88 bits per heavy atom. The van der Waals surface area contributed by atoms with Crippen molar-refractivity contribution in [2.45, 2.75) is 6.92 Å². The second kappa shape index (κ2) is 2.61. The molecule has 8 heavy (non-hydrogen) atoms. The summed E-state index contributed by atoms with van der Waals surface area (Å²) < 4.78 is 8.59. The highest BCUT2D eigenvalue weighted by Gasteiger charge is 1.90. The molecule has 0 saturated carbocycles. The molecule has 0 aliphatic rings. The molecule has 0 aromatic carbocycles. The van der Waals surface area contributed by atoms with Crippen LogP contribution in [-0.4, -0.2) is 16.2 Å². The maximum atomic E-state index is 4.98. The Kier molecular flexibility index (Phi) is 1.80. The predicted octanol–water partition coefficient (Wildman–Crippen LogP) is 0.937. The molecule has 0 amide bonds. The fourth-order valence-corrected chi connectivity index (χ4v) is 0.747. The summed E-state index contributed by atoms with van der Waals surface area (Å²) in [5.41, 5.74) is 0. The van der Waals surface area contributed by atoms with Crippen molar-refractivity contribution in [1.29, 1.82) is 0 Å². The highest BCUT2D eigenvalue weighted by molar-refractivity contribution is 7.03. The number of hydrogen-bond acceptors (Lipinski definition) is 4. The zero-order valence-corrected chi connectivity index (χ0v) is 5.31. The Morgan fingerprint density at radius 2 is 2.75 bits per heavy atom. The fraction of sp³-hybridized carbons (Fsp3) is 0.500. The average Bonchev–Trinajstić information content (AvgIpc) is 2.19. The largest absolute Gasteiger partial charge is 0.476 e. The van der Waals surface area contributed by atoms with Crippen LogP contribution in [0.1, 0.15) is 6.92 Å². The first-order valence-corrected chi connectivity index (χ1v) is 3.17.